The van der Waals surface area contributed by atoms with Gasteiger partial charge < -0.3 is 19.5 Å². The molecule has 0 bridgehead atoms. The van der Waals surface area contributed by atoms with E-state index in [1.807, 2.05) is 0 Å². The molecule has 0 aliphatic carbocycles. The molecule has 30 heavy (non-hydrogen) atoms. The number of carbonyl (C=O) groups excluding carboxylic acids is 1. The van der Waals surface area contributed by atoms with E-state index in [0.717, 1.165) is 18.4 Å². The van der Waals surface area contributed by atoms with Crippen molar-refractivity contribution in [2.45, 2.75) is 30.3 Å². The Balaban J connectivity index is 1.57. The molecule has 2 aromatic rings. The number of anilines is 1. The van der Waals surface area contributed by atoms with Gasteiger partial charge in [0.2, 0.25) is 15.9 Å². The number of hydrogen-bond donors (Lipinski definition) is 2. The van der Waals surface area contributed by atoms with Crippen LogP contribution in [-0.2, 0) is 26.0 Å². The molecule has 3 rings (SSSR count). The lowest BCUT2D eigenvalue weighted by molar-refractivity contribution is -0.115. The number of nitrogens with one attached hydrogen (secondary N) is 2. The van der Waals surface area contributed by atoms with Crippen LogP contribution in [0.25, 0.3) is 0 Å². The fraction of sp³-hybridized carbons (Fsp3) is 0.381. The Morgan fingerprint density at radius 3 is 2.47 bits per heavy atom. The number of amides is 1. The smallest absolute Gasteiger partial charge is 0.240 e. The number of benzene rings is 2. The first-order valence-corrected chi connectivity index (χ1v) is 11.1. The van der Waals surface area contributed by atoms with Gasteiger partial charge in [-0.15, -0.1) is 0 Å². The average molecular weight is 435 g/mol. The molecule has 0 radical (unpaired) electrons. The molecule has 0 spiro atoms. The molecule has 162 valence electrons. The van der Waals surface area contributed by atoms with Crippen molar-refractivity contribution in [2.75, 3.05) is 32.7 Å². The minimum Gasteiger partial charge on any atom is -0.493 e. The fourth-order valence-corrected chi connectivity index (χ4v) is 4.26. The van der Waals surface area contributed by atoms with Gasteiger partial charge in [-0.3, -0.25) is 4.79 Å². The standard InChI is InChI=1S/C21H26N2O6S/c1-27-19-10-5-15(12-20(19)28-2)13-21(24)23-16-6-8-18(9-7-16)30(25,26)22-14-17-4-3-11-29-17/h5-10,12,17,22H,3-4,11,13-14H2,1-2H3,(H,23,24)/t17-/m1/s1. The second-order valence-corrected chi connectivity index (χ2v) is 8.69. The third-order valence-corrected chi connectivity index (χ3v) is 6.23. The van der Waals surface area contributed by atoms with Crippen LogP contribution < -0.4 is 19.5 Å². The van der Waals surface area contributed by atoms with Crippen molar-refractivity contribution in [1.29, 1.82) is 0 Å². The lowest BCUT2D eigenvalue weighted by Gasteiger charge is -2.12. The van der Waals surface area contributed by atoms with Crippen molar-refractivity contribution < 1.29 is 27.4 Å². The summed E-state index contributed by atoms with van der Waals surface area (Å²) in [7, 11) is -0.542. The summed E-state index contributed by atoms with van der Waals surface area (Å²) in [6.07, 6.45) is 1.87. The highest BCUT2D eigenvalue weighted by Gasteiger charge is 2.20. The van der Waals surface area contributed by atoms with Crippen LogP contribution >= 0.6 is 0 Å². The highest BCUT2D eigenvalue weighted by atomic mass is 32.2. The summed E-state index contributed by atoms with van der Waals surface area (Å²) in [4.78, 5) is 12.5. The molecule has 1 aliphatic heterocycles. The molecule has 9 heteroatoms. The number of sulfonamides is 1. The summed E-state index contributed by atoms with van der Waals surface area (Å²) < 4.78 is 43.2. The van der Waals surface area contributed by atoms with Crippen molar-refractivity contribution in [2.24, 2.45) is 0 Å². The number of ether oxygens (including phenoxy) is 3. The molecular formula is C21H26N2O6S. The van der Waals surface area contributed by atoms with Gasteiger partial charge in [0.1, 0.15) is 0 Å². The van der Waals surface area contributed by atoms with Crippen LogP contribution in [-0.4, -0.2) is 47.8 Å². The quantitative estimate of drug-likeness (QED) is 0.628. The molecular weight excluding hydrogens is 408 g/mol. The Kier molecular flexibility index (Phi) is 7.30. The average Bonchev–Trinajstić information content (AvgIpc) is 3.26. The van der Waals surface area contributed by atoms with E-state index in [0.29, 0.717) is 23.8 Å². The molecule has 1 saturated heterocycles. The first-order chi connectivity index (χ1) is 14.4. The normalized spacial score (nSPS) is 16.3. The molecule has 1 amide bonds. The summed E-state index contributed by atoms with van der Waals surface area (Å²) in [5.74, 6) is 0.911. The summed E-state index contributed by atoms with van der Waals surface area (Å²) in [6.45, 7) is 0.927. The lowest BCUT2D eigenvalue weighted by atomic mass is 10.1. The van der Waals surface area contributed by atoms with Crippen LogP contribution in [0.15, 0.2) is 47.4 Å². The molecule has 0 unspecified atom stereocenters. The minimum absolute atomic E-state index is 0.0742. The molecule has 2 N–H and O–H groups in total. The summed E-state index contributed by atoms with van der Waals surface area (Å²) >= 11 is 0. The zero-order valence-corrected chi connectivity index (χ0v) is 17.8. The Labute approximate surface area is 176 Å². The molecule has 1 atom stereocenters. The first kappa shape index (κ1) is 22.1. The summed E-state index contributed by atoms with van der Waals surface area (Å²) in [5.41, 5.74) is 1.28. The first-order valence-electron chi connectivity index (χ1n) is 9.63. The highest BCUT2D eigenvalue weighted by molar-refractivity contribution is 7.89. The van der Waals surface area contributed by atoms with E-state index in [9.17, 15) is 13.2 Å². The third kappa shape index (κ3) is 5.71. The van der Waals surface area contributed by atoms with Gasteiger partial charge in [0, 0.05) is 18.8 Å². The minimum atomic E-state index is -3.62. The molecule has 1 fully saturated rings. The maximum absolute atomic E-state index is 12.4. The maximum atomic E-state index is 12.4. The topological polar surface area (TPSA) is 103 Å². The second-order valence-electron chi connectivity index (χ2n) is 6.93. The lowest BCUT2D eigenvalue weighted by Crippen LogP contribution is -2.31. The van der Waals surface area contributed by atoms with E-state index in [1.165, 1.54) is 19.2 Å². The zero-order chi connectivity index (χ0) is 21.6. The molecule has 8 nitrogen and oxygen atoms in total. The summed E-state index contributed by atoms with van der Waals surface area (Å²) in [5, 5.41) is 2.77. The number of hydrogen-bond acceptors (Lipinski definition) is 6. The SMILES string of the molecule is COc1ccc(CC(=O)Nc2ccc(S(=O)(=O)NC[C@H]3CCCO3)cc2)cc1OC. The van der Waals surface area contributed by atoms with Crippen molar-refractivity contribution in [3.8, 4) is 11.5 Å². The van der Waals surface area contributed by atoms with E-state index in [4.69, 9.17) is 14.2 Å². The molecule has 0 saturated carbocycles. The van der Waals surface area contributed by atoms with Gasteiger partial charge in [0.05, 0.1) is 31.6 Å². The Hall–Kier alpha value is -2.62. The van der Waals surface area contributed by atoms with Crippen molar-refractivity contribution in [3.63, 3.8) is 0 Å². The predicted octanol–water partition coefficient (Wildman–Crippen LogP) is 2.34. The summed E-state index contributed by atoms with van der Waals surface area (Å²) in [6, 6.07) is 11.3. The van der Waals surface area contributed by atoms with E-state index >= 15 is 0 Å². The molecule has 0 aromatic heterocycles. The zero-order valence-electron chi connectivity index (χ0n) is 17.0. The maximum Gasteiger partial charge on any atom is 0.240 e. The third-order valence-electron chi connectivity index (χ3n) is 4.79. The number of methoxy groups -OCH3 is 2. The van der Waals surface area contributed by atoms with Gasteiger partial charge in [-0.25, -0.2) is 13.1 Å². The Morgan fingerprint density at radius 1 is 1.10 bits per heavy atom. The van der Waals surface area contributed by atoms with E-state index < -0.39 is 10.0 Å². The van der Waals surface area contributed by atoms with Gasteiger partial charge in [-0.1, -0.05) is 6.07 Å². The Morgan fingerprint density at radius 2 is 1.83 bits per heavy atom. The van der Waals surface area contributed by atoms with Gasteiger partial charge in [-0.2, -0.15) is 0 Å². The van der Waals surface area contributed by atoms with E-state index in [-0.39, 0.29) is 29.9 Å². The van der Waals surface area contributed by atoms with Crippen molar-refractivity contribution >= 4 is 21.6 Å². The fourth-order valence-electron chi connectivity index (χ4n) is 3.19. The highest BCUT2D eigenvalue weighted by Crippen LogP contribution is 2.27. The van der Waals surface area contributed by atoms with Crippen molar-refractivity contribution in [1.82, 2.24) is 4.72 Å². The van der Waals surface area contributed by atoms with Gasteiger partial charge in [-0.05, 0) is 54.8 Å². The molecule has 2 aromatic carbocycles. The van der Waals surface area contributed by atoms with Gasteiger partial charge in [0.15, 0.2) is 11.5 Å². The van der Waals surface area contributed by atoms with Crippen LogP contribution in [0.1, 0.15) is 18.4 Å². The number of carbonyl (C=O) groups is 1. The van der Waals surface area contributed by atoms with Crippen molar-refractivity contribution in [3.05, 3.63) is 48.0 Å². The largest absolute Gasteiger partial charge is 0.493 e. The Bertz CT molecular complexity index is 969. The van der Waals surface area contributed by atoms with Crippen LogP contribution in [0, 0.1) is 0 Å². The van der Waals surface area contributed by atoms with Crippen LogP contribution in [0.4, 0.5) is 5.69 Å². The predicted molar refractivity (Wildman–Crippen MR) is 112 cm³/mol. The molecule has 1 aliphatic rings. The van der Waals surface area contributed by atoms with E-state index in [1.54, 1.807) is 37.4 Å². The van der Waals surface area contributed by atoms with E-state index in [2.05, 4.69) is 10.0 Å². The van der Waals surface area contributed by atoms with Gasteiger partial charge >= 0.3 is 0 Å². The van der Waals surface area contributed by atoms with Crippen LogP contribution in [0.3, 0.4) is 0 Å². The second kappa shape index (κ2) is 9.92. The molecule has 1 heterocycles. The number of rotatable bonds is 9. The monoisotopic (exact) mass is 434 g/mol. The van der Waals surface area contributed by atoms with Crippen LogP contribution in [0.2, 0.25) is 0 Å². The van der Waals surface area contributed by atoms with Gasteiger partial charge in [0.25, 0.3) is 0 Å². The van der Waals surface area contributed by atoms with Crippen LogP contribution in [0.5, 0.6) is 11.5 Å².